The summed E-state index contributed by atoms with van der Waals surface area (Å²) >= 11 is 0. The zero-order valence-corrected chi connectivity index (χ0v) is 18.5. The second-order valence-corrected chi connectivity index (χ2v) is 8.76. The summed E-state index contributed by atoms with van der Waals surface area (Å²) in [4.78, 5) is 29.5. The van der Waals surface area contributed by atoms with Crippen LogP contribution in [0.4, 0.5) is 23.2 Å². The quantitative estimate of drug-likeness (QED) is 0.506. The minimum Gasteiger partial charge on any atom is -0.428 e. The normalized spacial score (nSPS) is 22.0. The largest absolute Gasteiger partial charge is 0.428 e. The molecule has 1 spiro atoms. The highest BCUT2D eigenvalue weighted by molar-refractivity contribution is 6.10. The predicted octanol–water partition coefficient (Wildman–Crippen LogP) is 3.79. The van der Waals surface area contributed by atoms with Gasteiger partial charge >= 0.3 is 6.18 Å². The lowest BCUT2D eigenvalue weighted by atomic mass is 9.65. The van der Waals surface area contributed by atoms with Gasteiger partial charge in [-0.1, -0.05) is 12.1 Å². The number of nitriles is 1. The Morgan fingerprint density at radius 2 is 1.86 bits per heavy atom. The Bertz CT molecular complexity index is 1360. The van der Waals surface area contributed by atoms with Gasteiger partial charge in [0.25, 0.3) is 5.91 Å². The molecular weight excluding hydrogens is 482 g/mol. The molecule has 0 radical (unpaired) electrons. The van der Waals surface area contributed by atoms with Gasteiger partial charge in [-0.2, -0.15) is 18.4 Å². The van der Waals surface area contributed by atoms with Crippen molar-refractivity contribution < 1.29 is 31.6 Å². The van der Waals surface area contributed by atoms with Crippen LogP contribution in [0.3, 0.4) is 0 Å². The number of amides is 2. The molecule has 0 unspecified atom stereocenters. The minimum atomic E-state index is -4.51. The lowest BCUT2D eigenvalue weighted by Crippen LogP contribution is -2.72. The average Bonchev–Trinajstić information content (AvgIpc) is 3.34. The van der Waals surface area contributed by atoms with Crippen molar-refractivity contribution in [3.63, 3.8) is 0 Å². The van der Waals surface area contributed by atoms with E-state index in [-0.39, 0.29) is 42.4 Å². The Hall–Kier alpha value is -4.27. The monoisotopic (exact) mass is 499 g/mol. The van der Waals surface area contributed by atoms with Crippen molar-refractivity contribution in [2.45, 2.75) is 37.0 Å². The molecule has 3 aromatic rings. The van der Waals surface area contributed by atoms with Crippen molar-refractivity contribution in [3.8, 4) is 6.07 Å². The predicted molar refractivity (Wildman–Crippen MR) is 114 cm³/mol. The summed E-state index contributed by atoms with van der Waals surface area (Å²) in [5, 5.41) is 16.5. The lowest BCUT2D eigenvalue weighted by Gasteiger charge is -2.56. The first-order valence-corrected chi connectivity index (χ1v) is 10.9. The highest BCUT2D eigenvalue weighted by Crippen LogP contribution is 2.51. The van der Waals surface area contributed by atoms with Gasteiger partial charge in [0, 0.05) is 12.5 Å². The average molecular weight is 499 g/mol. The molecule has 2 heterocycles. The number of carbonyl (C=O) groups excluding carboxylic acids is 2. The van der Waals surface area contributed by atoms with Crippen LogP contribution in [0.25, 0.3) is 0 Å². The number of benzene rings is 2. The fourth-order valence-electron chi connectivity index (χ4n) is 4.79. The zero-order chi connectivity index (χ0) is 25.7. The third-order valence-electron chi connectivity index (χ3n) is 6.64. The van der Waals surface area contributed by atoms with Crippen LogP contribution in [0.15, 0.2) is 53.3 Å². The first-order chi connectivity index (χ1) is 17.1. The van der Waals surface area contributed by atoms with Crippen molar-refractivity contribution >= 4 is 17.5 Å². The number of anilines is 1. The van der Waals surface area contributed by atoms with E-state index in [2.05, 4.69) is 10.2 Å². The van der Waals surface area contributed by atoms with Gasteiger partial charge < -0.3 is 9.32 Å². The van der Waals surface area contributed by atoms with Crippen molar-refractivity contribution in [1.82, 2.24) is 15.1 Å². The highest BCUT2D eigenvalue weighted by Gasteiger charge is 2.61. The molecule has 1 aliphatic heterocycles. The van der Waals surface area contributed by atoms with E-state index in [1.807, 2.05) is 6.07 Å². The van der Waals surface area contributed by atoms with E-state index in [1.54, 1.807) is 0 Å². The lowest BCUT2D eigenvalue weighted by molar-refractivity contribution is -0.160. The second kappa shape index (κ2) is 8.44. The Labute approximate surface area is 201 Å². The van der Waals surface area contributed by atoms with Gasteiger partial charge in [0.2, 0.25) is 18.2 Å². The SMILES string of the molecule is N#Cc1ccc(N2CC(=O)N(Cc3ccc(C(F)(F)F)cc3)[C@]3(C[C@@H](c4nnco4)C3)C2=O)c(F)c1. The van der Waals surface area contributed by atoms with Crippen LogP contribution in [0.1, 0.15) is 41.3 Å². The van der Waals surface area contributed by atoms with Gasteiger partial charge in [0.1, 0.15) is 17.9 Å². The topological polar surface area (TPSA) is 103 Å². The summed E-state index contributed by atoms with van der Waals surface area (Å²) in [6.45, 7) is -0.571. The van der Waals surface area contributed by atoms with Gasteiger partial charge in [0.05, 0.1) is 22.9 Å². The molecule has 8 nitrogen and oxygen atoms in total. The molecular formula is C24H17F4N5O3. The minimum absolute atomic E-state index is 0.0609. The maximum atomic E-state index is 14.8. The maximum absolute atomic E-state index is 14.8. The van der Waals surface area contributed by atoms with E-state index in [1.165, 1.54) is 29.2 Å². The summed E-state index contributed by atoms with van der Waals surface area (Å²) in [7, 11) is 0. The molecule has 5 rings (SSSR count). The molecule has 2 fully saturated rings. The van der Waals surface area contributed by atoms with E-state index in [9.17, 15) is 27.2 Å². The van der Waals surface area contributed by atoms with Crippen LogP contribution in [-0.2, 0) is 22.3 Å². The summed E-state index contributed by atoms with van der Waals surface area (Å²) in [5.74, 6) is -1.90. The van der Waals surface area contributed by atoms with Crippen molar-refractivity contribution in [1.29, 1.82) is 5.26 Å². The zero-order valence-electron chi connectivity index (χ0n) is 18.5. The third-order valence-corrected chi connectivity index (χ3v) is 6.64. The Morgan fingerprint density at radius 1 is 1.14 bits per heavy atom. The first-order valence-electron chi connectivity index (χ1n) is 10.9. The maximum Gasteiger partial charge on any atom is 0.416 e. The standard InChI is InChI=1S/C24H17F4N5O3/c25-18-7-15(10-29)3-6-19(18)32-12-20(34)33(11-14-1-4-17(5-2-14)24(26,27)28)23(22(32)35)8-16(9-23)21-31-30-13-36-21/h1-7,13,16H,8-9,11-12H2/t16-,23+. The molecule has 2 aliphatic rings. The third kappa shape index (κ3) is 3.86. The van der Waals surface area contributed by atoms with Crippen LogP contribution < -0.4 is 4.90 Å². The second-order valence-electron chi connectivity index (χ2n) is 8.76. The number of aromatic nitrogens is 2. The van der Waals surface area contributed by atoms with Crippen LogP contribution in [-0.4, -0.2) is 39.0 Å². The molecule has 36 heavy (non-hydrogen) atoms. The molecule has 0 atom stereocenters. The van der Waals surface area contributed by atoms with Crippen LogP contribution in [0.5, 0.6) is 0 Å². The highest BCUT2D eigenvalue weighted by atomic mass is 19.4. The van der Waals surface area contributed by atoms with E-state index in [0.29, 0.717) is 5.56 Å². The fourth-order valence-corrected chi connectivity index (χ4v) is 4.79. The molecule has 184 valence electrons. The smallest absolute Gasteiger partial charge is 0.416 e. The molecule has 0 bridgehead atoms. The Kier molecular flexibility index (Phi) is 5.50. The molecule has 2 aromatic carbocycles. The number of alkyl halides is 3. The molecule has 1 saturated carbocycles. The van der Waals surface area contributed by atoms with E-state index in [0.717, 1.165) is 29.5 Å². The van der Waals surface area contributed by atoms with Gasteiger partial charge in [-0.05, 0) is 48.7 Å². The van der Waals surface area contributed by atoms with E-state index < -0.39 is 41.5 Å². The Morgan fingerprint density at radius 3 is 2.44 bits per heavy atom. The number of hydrogen-bond acceptors (Lipinski definition) is 6. The number of halogens is 4. The van der Waals surface area contributed by atoms with Crippen molar-refractivity contribution in [2.24, 2.45) is 0 Å². The number of rotatable bonds is 4. The molecule has 2 amide bonds. The van der Waals surface area contributed by atoms with E-state index >= 15 is 0 Å². The number of piperazine rings is 1. The molecule has 1 aliphatic carbocycles. The summed E-state index contributed by atoms with van der Waals surface area (Å²) in [6, 6.07) is 9.76. The van der Waals surface area contributed by atoms with Crippen molar-refractivity contribution in [2.75, 3.05) is 11.4 Å². The number of hydrogen-bond donors (Lipinski definition) is 0. The Balaban J connectivity index is 1.48. The van der Waals surface area contributed by atoms with Gasteiger partial charge in [-0.15, -0.1) is 10.2 Å². The van der Waals surface area contributed by atoms with Crippen LogP contribution >= 0.6 is 0 Å². The summed E-state index contributed by atoms with van der Waals surface area (Å²) in [5.41, 5.74) is -1.88. The van der Waals surface area contributed by atoms with Gasteiger partial charge in [0.15, 0.2) is 0 Å². The number of nitrogens with zero attached hydrogens (tertiary/aromatic N) is 5. The molecule has 1 saturated heterocycles. The van der Waals surface area contributed by atoms with Gasteiger partial charge in [-0.25, -0.2) is 4.39 Å². The molecule has 1 aromatic heterocycles. The first kappa shape index (κ1) is 23.5. The molecule has 12 heteroatoms. The van der Waals surface area contributed by atoms with Crippen LogP contribution in [0, 0.1) is 17.1 Å². The summed E-state index contributed by atoms with van der Waals surface area (Å²) in [6.07, 6.45) is -3.12. The number of carbonyl (C=O) groups is 2. The van der Waals surface area contributed by atoms with Gasteiger partial charge in [-0.3, -0.25) is 14.5 Å². The molecule has 0 N–H and O–H groups in total. The fraction of sp³-hybridized carbons (Fsp3) is 0.292. The van der Waals surface area contributed by atoms with E-state index in [4.69, 9.17) is 9.68 Å². The van der Waals surface area contributed by atoms with Crippen molar-refractivity contribution in [3.05, 3.63) is 77.3 Å². The van der Waals surface area contributed by atoms with Crippen LogP contribution in [0.2, 0.25) is 0 Å². The summed E-state index contributed by atoms with van der Waals surface area (Å²) < 4.78 is 58.9.